The minimum absolute atomic E-state index is 0.187. The standard InChI is InChI=1S/C8H13NO3/c1-2-5-11-6-7-12-8(10)3-4-9/h2-3,5-7H2,1H3. The van der Waals surface area contributed by atoms with Crippen LogP contribution >= 0.6 is 0 Å². The molecule has 4 nitrogen and oxygen atoms in total. The number of carbonyl (C=O) groups is 1. The molecule has 4 heteroatoms. The third-order valence-electron chi connectivity index (χ3n) is 1.06. The number of hydrogen-bond donors (Lipinski definition) is 0. The van der Waals surface area contributed by atoms with Gasteiger partial charge in [-0.05, 0) is 6.42 Å². The summed E-state index contributed by atoms with van der Waals surface area (Å²) in [5, 5.41) is 8.10. The lowest BCUT2D eigenvalue weighted by atomic mass is 10.5. The van der Waals surface area contributed by atoms with Gasteiger partial charge in [0.15, 0.2) is 0 Å². The Bertz CT molecular complexity index is 162. The van der Waals surface area contributed by atoms with Crippen LogP contribution in [0, 0.1) is 11.3 Å². The fourth-order valence-corrected chi connectivity index (χ4v) is 0.576. The van der Waals surface area contributed by atoms with Crippen LogP contribution in [0.1, 0.15) is 19.8 Å². The maximum Gasteiger partial charge on any atom is 0.320 e. The predicted molar refractivity (Wildman–Crippen MR) is 42.3 cm³/mol. The molecule has 0 unspecified atom stereocenters. The van der Waals surface area contributed by atoms with Gasteiger partial charge in [0.1, 0.15) is 13.0 Å². The zero-order valence-electron chi connectivity index (χ0n) is 7.21. The molecule has 0 saturated heterocycles. The van der Waals surface area contributed by atoms with Crippen LogP contribution in [0.25, 0.3) is 0 Å². The lowest BCUT2D eigenvalue weighted by Crippen LogP contribution is -2.10. The van der Waals surface area contributed by atoms with Crippen molar-refractivity contribution in [3.63, 3.8) is 0 Å². The molecule has 0 aliphatic carbocycles. The van der Waals surface area contributed by atoms with E-state index >= 15 is 0 Å². The van der Waals surface area contributed by atoms with Gasteiger partial charge in [-0.3, -0.25) is 4.79 Å². The van der Waals surface area contributed by atoms with Crippen molar-refractivity contribution in [2.75, 3.05) is 19.8 Å². The van der Waals surface area contributed by atoms with Gasteiger partial charge in [-0.1, -0.05) is 6.92 Å². The number of carbonyl (C=O) groups excluding carboxylic acids is 1. The molecule has 0 bridgehead atoms. The maximum absolute atomic E-state index is 10.6. The zero-order valence-corrected chi connectivity index (χ0v) is 7.21. The van der Waals surface area contributed by atoms with E-state index in [1.54, 1.807) is 6.07 Å². The fraction of sp³-hybridized carbons (Fsp3) is 0.750. The lowest BCUT2D eigenvalue weighted by Gasteiger charge is -2.02. The molecule has 0 aromatic rings. The highest BCUT2D eigenvalue weighted by molar-refractivity contribution is 5.71. The first-order chi connectivity index (χ1) is 5.81. The Morgan fingerprint density at radius 1 is 1.42 bits per heavy atom. The molecule has 0 aromatic carbocycles. The molecule has 0 atom stereocenters. The molecule has 0 fully saturated rings. The first-order valence-corrected chi connectivity index (χ1v) is 3.91. The van der Waals surface area contributed by atoms with E-state index in [9.17, 15) is 4.79 Å². The van der Waals surface area contributed by atoms with Crippen molar-refractivity contribution in [1.82, 2.24) is 0 Å². The summed E-state index contributed by atoms with van der Waals surface area (Å²) >= 11 is 0. The van der Waals surface area contributed by atoms with Gasteiger partial charge in [0.2, 0.25) is 0 Å². The molecule has 68 valence electrons. The zero-order chi connectivity index (χ0) is 9.23. The van der Waals surface area contributed by atoms with E-state index in [1.807, 2.05) is 6.92 Å². The summed E-state index contributed by atoms with van der Waals surface area (Å²) in [5.41, 5.74) is 0. The molecular weight excluding hydrogens is 158 g/mol. The lowest BCUT2D eigenvalue weighted by molar-refractivity contribution is -0.143. The van der Waals surface area contributed by atoms with Crippen LogP contribution in [0.2, 0.25) is 0 Å². The van der Waals surface area contributed by atoms with Crippen molar-refractivity contribution < 1.29 is 14.3 Å². The van der Waals surface area contributed by atoms with Gasteiger partial charge in [-0.15, -0.1) is 0 Å². The van der Waals surface area contributed by atoms with Crippen LogP contribution in [0.3, 0.4) is 0 Å². The number of nitriles is 1. The van der Waals surface area contributed by atoms with Crippen molar-refractivity contribution in [2.45, 2.75) is 19.8 Å². The summed E-state index contributed by atoms with van der Waals surface area (Å²) in [7, 11) is 0. The van der Waals surface area contributed by atoms with Crippen molar-refractivity contribution in [1.29, 1.82) is 5.26 Å². The number of hydrogen-bond acceptors (Lipinski definition) is 4. The van der Waals surface area contributed by atoms with Crippen LogP contribution in [-0.2, 0) is 14.3 Å². The maximum atomic E-state index is 10.6. The average Bonchev–Trinajstić information content (AvgIpc) is 2.05. The molecule has 0 saturated carbocycles. The monoisotopic (exact) mass is 171 g/mol. The first-order valence-electron chi connectivity index (χ1n) is 3.91. The highest BCUT2D eigenvalue weighted by atomic mass is 16.6. The molecule has 0 aromatic heterocycles. The minimum Gasteiger partial charge on any atom is -0.462 e. The second kappa shape index (κ2) is 8.02. The molecule has 0 rings (SSSR count). The van der Waals surface area contributed by atoms with Gasteiger partial charge in [-0.25, -0.2) is 0 Å². The Balaban J connectivity index is 3.10. The molecular formula is C8H13NO3. The SMILES string of the molecule is CCCOCCOC(=O)CC#N. The van der Waals surface area contributed by atoms with Crippen LogP contribution < -0.4 is 0 Å². The summed E-state index contributed by atoms with van der Waals surface area (Å²) in [6.07, 6.45) is 0.764. The topological polar surface area (TPSA) is 59.3 Å². The quantitative estimate of drug-likeness (QED) is 0.439. The smallest absolute Gasteiger partial charge is 0.320 e. The predicted octanol–water partition coefficient (Wildman–Crippen LogP) is 0.870. The van der Waals surface area contributed by atoms with E-state index in [1.165, 1.54) is 0 Å². The van der Waals surface area contributed by atoms with Crippen molar-refractivity contribution in [2.24, 2.45) is 0 Å². The van der Waals surface area contributed by atoms with E-state index in [0.717, 1.165) is 6.42 Å². The summed E-state index contributed by atoms with van der Waals surface area (Å²) in [5.74, 6) is -0.488. The number of esters is 1. The van der Waals surface area contributed by atoms with Gasteiger partial charge in [-0.2, -0.15) is 5.26 Å². The average molecular weight is 171 g/mol. The third kappa shape index (κ3) is 7.03. The van der Waals surface area contributed by atoms with Gasteiger partial charge >= 0.3 is 5.97 Å². The van der Waals surface area contributed by atoms with E-state index in [-0.39, 0.29) is 13.0 Å². The normalized spacial score (nSPS) is 9.00. The summed E-state index contributed by atoms with van der Waals surface area (Å²) in [4.78, 5) is 10.6. The largest absolute Gasteiger partial charge is 0.462 e. The van der Waals surface area contributed by atoms with Crippen LogP contribution in [0.15, 0.2) is 0 Å². The second-order valence-corrected chi connectivity index (χ2v) is 2.17. The number of nitrogens with zero attached hydrogens (tertiary/aromatic N) is 1. The Kier molecular flexibility index (Phi) is 7.30. The van der Waals surface area contributed by atoms with Crippen LogP contribution in [0.5, 0.6) is 0 Å². The first kappa shape index (κ1) is 10.9. The number of rotatable bonds is 6. The molecule has 0 aliphatic rings. The van der Waals surface area contributed by atoms with Gasteiger partial charge in [0.25, 0.3) is 0 Å². The summed E-state index contributed by atoms with van der Waals surface area (Å²) < 4.78 is 9.69. The van der Waals surface area contributed by atoms with Crippen molar-refractivity contribution in [3.8, 4) is 6.07 Å². The fourth-order valence-electron chi connectivity index (χ4n) is 0.576. The van der Waals surface area contributed by atoms with E-state index in [0.29, 0.717) is 13.2 Å². The van der Waals surface area contributed by atoms with Crippen molar-refractivity contribution in [3.05, 3.63) is 0 Å². The van der Waals surface area contributed by atoms with Crippen molar-refractivity contribution >= 4 is 5.97 Å². The Morgan fingerprint density at radius 2 is 2.17 bits per heavy atom. The summed E-state index contributed by atoms with van der Waals surface area (Å²) in [6.45, 7) is 3.32. The molecule has 0 aliphatic heterocycles. The second-order valence-electron chi connectivity index (χ2n) is 2.17. The van der Waals surface area contributed by atoms with Gasteiger partial charge < -0.3 is 9.47 Å². The van der Waals surface area contributed by atoms with E-state index < -0.39 is 5.97 Å². The minimum atomic E-state index is -0.488. The highest BCUT2D eigenvalue weighted by Crippen LogP contribution is 1.85. The molecule has 0 heterocycles. The summed E-state index contributed by atoms with van der Waals surface area (Å²) in [6, 6.07) is 1.70. The molecule has 12 heavy (non-hydrogen) atoms. The van der Waals surface area contributed by atoms with E-state index in [4.69, 9.17) is 10.00 Å². The Hall–Kier alpha value is -1.08. The van der Waals surface area contributed by atoms with Crippen LogP contribution in [0.4, 0.5) is 0 Å². The Morgan fingerprint density at radius 3 is 2.75 bits per heavy atom. The van der Waals surface area contributed by atoms with Crippen LogP contribution in [-0.4, -0.2) is 25.8 Å². The molecule has 0 radical (unpaired) electrons. The van der Waals surface area contributed by atoms with Gasteiger partial charge in [0.05, 0.1) is 12.7 Å². The van der Waals surface area contributed by atoms with E-state index in [2.05, 4.69) is 4.74 Å². The molecule has 0 spiro atoms. The Labute approximate surface area is 72.1 Å². The molecule has 0 amide bonds. The third-order valence-corrected chi connectivity index (χ3v) is 1.06. The number of ether oxygens (including phenoxy) is 2. The molecule has 0 N–H and O–H groups in total. The highest BCUT2D eigenvalue weighted by Gasteiger charge is 1.99. The van der Waals surface area contributed by atoms with Gasteiger partial charge in [0, 0.05) is 6.61 Å².